The van der Waals surface area contributed by atoms with Crippen LogP contribution in [0.4, 0.5) is 5.69 Å². The maximum Gasteiger partial charge on any atom is 0.117 e. The lowest BCUT2D eigenvalue weighted by Gasteiger charge is -2.12. The van der Waals surface area contributed by atoms with E-state index < -0.39 is 0 Å². The summed E-state index contributed by atoms with van der Waals surface area (Å²) in [5, 5.41) is 12.8. The Kier molecular flexibility index (Phi) is 2.60. The molecule has 0 radical (unpaired) electrons. The van der Waals surface area contributed by atoms with Crippen LogP contribution in [-0.2, 0) is 0 Å². The molecule has 2 nitrogen and oxygen atoms in total. The van der Waals surface area contributed by atoms with Crippen molar-refractivity contribution in [3.05, 3.63) is 29.3 Å². The summed E-state index contributed by atoms with van der Waals surface area (Å²) < 4.78 is 0. The molecule has 0 saturated heterocycles. The summed E-state index contributed by atoms with van der Waals surface area (Å²) in [5.74, 6) is 0.510. The van der Waals surface area contributed by atoms with E-state index in [0.29, 0.717) is 10.9 Å². The van der Waals surface area contributed by atoms with Gasteiger partial charge in [-0.05, 0) is 30.9 Å². The Morgan fingerprint density at radius 3 is 2.71 bits per heavy atom. The predicted molar refractivity (Wildman–Crippen MR) is 57.2 cm³/mol. The first-order chi connectivity index (χ1) is 6.81. The molecule has 1 fully saturated rings. The average molecular weight is 207 g/mol. The van der Waals surface area contributed by atoms with Crippen LogP contribution in [0.3, 0.4) is 0 Å². The van der Waals surface area contributed by atoms with Crippen LogP contribution in [0.15, 0.2) is 24.3 Å². The van der Waals surface area contributed by atoms with Crippen LogP contribution in [0.5, 0.6) is 0 Å². The van der Waals surface area contributed by atoms with Crippen LogP contribution in [0.25, 0.3) is 0 Å². The van der Waals surface area contributed by atoms with E-state index in [-0.39, 0.29) is 6.04 Å². The van der Waals surface area contributed by atoms with Gasteiger partial charge in [0.15, 0.2) is 0 Å². The molecule has 1 aromatic carbocycles. The molecule has 1 aromatic rings. The first-order valence-electron chi connectivity index (χ1n) is 4.72. The fraction of sp³-hybridized carbons (Fsp3) is 0.364. The zero-order valence-electron chi connectivity index (χ0n) is 7.70. The van der Waals surface area contributed by atoms with E-state index >= 15 is 0 Å². The van der Waals surface area contributed by atoms with Crippen LogP contribution in [0.2, 0.25) is 5.02 Å². The second-order valence-corrected chi connectivity index (χ2v) is 3.98. The molecule has 1 N–H and O–H groups in total. The molecule has 1 atom stereocenters. The summed E-state index contributed by atoms with van der Waals surface area (Å²) in [6.45, 7) is 0. The van der Waals surface area contributed by atoms with Gasteiger partial charge in [0.05, 0.1) is 16.8 Å². The van der Waals surface area contributed by atoms with E-state index in [1.54, 1.807) is 0 Å². The molecule has 1 aliphatic carbocycles. The number of para-hydroxylation sites is 1. The van der Waals surface area contributed by atoms with E-state index in [9.17, 15) is 0 Å². The number of anilines is 1. The lowest BCUT2D eigenvalue weighted by Crippen LogP contribution is -2.19. The van der Waals surface area contributed by atoms with Gasteiger partial charge in [-0.1, -0.05) is 23.7 Å². The molecule has 14 heavy (non-hydrogen) atoms. The molecular weight excluding hydrogens is 196 g/mol. The number of benzene rings is 1. The number of rotatable bonds is 3. The Balaban J connectivity index is 2.09. The van der Waals surface area contributed by atoms with Gasteiger partial charge >= 0.3 is 0 Å². The molecule has 2 rings (SSSR count). The smallest absolute Gasteiger partial charge is 0.117 e. The van der Waals surface area contributed by atoms with E-state index in [1.165, 1.54) is 0 Å². The number of nitrogens with zero attached hydrogens (tertiary/aromatic N) is 1. The fourth-order valence-electron chi connectivity index (χ4n) is 1.43. The Hall–Kier alpha value is -1.20. The molecule has 1 saturated carbocycles. The minimum absolute atomic E-state index is 0.0881. The lowest BCUT2D eigenvalue weighted by atomic mass is 10.2. The molecule has 72 valence electrons. The number of hydrogen-bond donors (Lipinski definition) is 1. The summed E-state index contributed by atoms with van der Waals surface area (Å²) in [6, 6.07) is 9.70. The topological polar surface area (TPSA) is 35.8 Å². The summed E-state index contributed by atoms with van der Waals surface area (Å²) in [4.78, 5) is 0. The third kappa shape index (κ3) is 2.00. The summed E-state index contributed by atoms with van der Waals surface area (Å²) in [6.07, 6.45) is 2.30. The molecule has 0 spiro atoms. The van der Waals surface area contributed by atoms with Crippen molar-refractivity contribution < 1.29 is 0 Å². The Morgan fingerprint density at radius 1 is 1.43 bits per heavy atom. The van der Waals surface area contributed by atoms with Crippen molar-refractivity contribution in [3.63, 3.8) is 0 Å². The Morgan fingerprint density at radius 2 is 2.14 bits per heavy atom. The van der Waals surface area contributed by atoms with Gasteiger partial charge in [0.25, 0.3) is 0 Å². The van der Waals surface area contributed by atoms with Crippen molar-refractivity contribution in [2.45, 2.75) is 18.9 Å². The molecule has 1 aliphatic rings. The van der Waals surface area contributed by atoms with Crippen molar-refractivity contribution in [2.75, 3.05) is 5.32 Å². The first-order valence-corrected chi connectivity index (χ1v) is 5.10. The van der Waals surface area contributed by atoms with E-state index in [4.69, 9.17) is 16.9 Å². The third-order valence-corrected chi connectivity index (χ3v) is 2.75. The van der Waals surface area contributed by atoms with Gasteiger partial charge < -0.3 is 5.32 Å². The maximum absolute atomic E-state index is 8.93. The normalized spacial score (nSPS) is 17.1. The van der Waals surface area contributed by atoms with Gasteiger partial charge in [-0.15, -0.1) is 0 Å². The number of nitrogens with one attached hydrogen (secondary N) is 1. The van der Waals surface area contributed by atoms with Crippen LogP contribution in [-0.4, -0.2) is 6.04 Å². The van der Waals surface area contributed by atoms with Gasteiger partial charge in [-0.25, -0.2) is 0 Å². The highest BCUT2D eigenvalue weighted by Crippen LogP contribution is 2.34. The van der Waals surface area contributed by atoms with Crippen molar-refractivity contribution in [2.24, 2.45) is 5.92 Å². The summed E-state index contributed by atoms with van der Waals surface area (Å²) in [7, 11) is 0. The van der Waals surface area contributed by atoms with Crippen LogP contribution in [0, 0.1) is 17.2 Å². The highest BCUT2D eigenvalue weighted by molar-refractivity contribution is 6.33. The Labute approximate surface area is 88.5 Å². The molecule has 0 aliphatic heterocycles. The van der Waals surface area contributed by atoms with Crippen molar-refractivity contribution in [1.29, 1.82) is 5.26 Å². The zero-order chi connectivity index (χ0) is 9.97. The minimum Gasteiger partial charge on any atom is -0.368 e. The van der Waals surface area contributed by atoms with E-state index in [1.807, 2.05) is 24.3 Å². The molecule has 0 amide bonds. The van der Waals surface area contributed by atoms with Crippen LogP contribution >= 0.6 is 11.6 Å². The monoisotopic (exact) mass is 206 g/mol. The van der Waals surface area contributed by atoms with Crippen molar-refractivity contribution in [1.82, 2.24) is 0 Å². The van der Waals surface area contributed by atoms with Crippen molar-refractivity contribution in [3.8, 4) is 6.07 Å². The van der Waals surface area contributed by atoms with E-state index in [0.717, 1.165) is 18.5 Å². The summed E-state index contributed by atoms with van der Waals surface area (Å²) in [5.41, 5.74) is 0.854. The van der Waals surface area contributed by atoms with Gasteiger partial charge in [0.2, 0.25) is 0 Å². The van der Waals surface area contributed by atoms with Gasteiger partial charge in [-0.3, -0.25) is 0 Å². The molecule has 0 aromatic heterocycles. The van der Waals surface area contributed by atoms with Gasteiger partial charge in [0, 0.05) is 0 Å². The van der Waals surface area contributed by atoms with Gasteiger partial charge in [0.1, 0.15) is 6.04 Å². The van der Waals surface area contributed by atoms with Crippen molar-refractivity contribution >= 4 is 17.3 Å². The highest BCUT2D eigenvalue weighted by atomic mass is 35.5. The lowest BCUT2D eigenvalue weighted by molar-refractivity contribution is 0.767. The second-order valence-electron chi connectivity index (χ2n) is 3.57. The van der Waals surface area contributed by atoms with E-state index in [2.05, 4.69) is 11.4 Å². The SMILES string of the molecule is N#CC(Nc1ccccc1Cl)C1CC1. The van der Waals surface area contributed by atoms with Crippen LogP contribution < -0.4 is 5.32 Å². The maximum atomic E-state index is 8.93. The molecular formula is C11H11ClN2. The fourth-order valence-corrected chi connectivity index (χ4v) is 1.62. The number of hydrogen-bond acceptors (Lipinski definition) is 2. The number of nitriles is 1. The van der Waals surface area contributed by atoms with Gasteiger partial charge in [-0.2, -0.15) is 5.26 Å². The molecule has 0 heterocycles. The predicted octanol–water partition coefficient (Wildman–Crippen LogP) is 3.05. The minimum atomic E-state index is -0.0881. The second kappa shape index (κ2) is 3.89. The average Bonchev–Trinajstić information content (AvgIpc) is 3.00. The summed E-state index contributed by atoms with van der Waals surface area (Å²) >= 11 is 5.98. The highest BCUT2D eigenvalue weighted by Gasteiger charge is 2.31. The molecule has 3 heteroatoms. The largest absolute Gasteiger partial charge is 0.368 e. The Bertz CT molecular complexity index is 366. The number of halogens is 1. The quantitative estimate of drug-likeness (QED) is 0.825. The van der Waals surface area contributed by atoms with Crippen LogP contribution in [0.1, 0.15) is 12.8 Å². The standard InChI is InChI=1S/C11H11ClN2/c12-9-3-1-2-4-10(9)14-11(7-13)8-5-6-8/h1-4,8,11,14H,5-6H2. The first kappa shape index (κ1) is 9.36. The zero-order valence-corrected chi connectivity index (χ0v) is 8.46. The molecule has 1 unspecified atom stereocenters. The third-order valence-electron chi connectivity index (χ3n) is 2.42. The molecule has 0 bridgehead atoms.